The summed E-state index contributed by atoms with van der Waals surface area (Å²) in [7, 11) is 1.56. The van der Waals surface area contributed by atoms with Crippen molar-refractivity contribution < 1.29 is 33.7 Å². The fourth-order valence-corrected chi connectivity index (χ4v) is 6.40. The summed E-state index contributed by atoms with van der Waals surface area (Å²) in [4.78, 5) is 41.4. The highest BCUT2D eigenvalue weighted by Gasteiger charge is 2.76. The van der Waals surface area contributed by atoms with E-state index in [1.165, 1.54) is 4.90 Å². The van der Waals surface area contributed by atoms with Crippen LogP contribution < -0.4 is 10.1 Å². The van der Waals surface area contributed by atoms with E-state index < -0.39 is 35.6 Å². The number of hydrogen-bond acceptors (Lipinski definition) is 7. The molecular weight excluding hydrogens is 496 g/mol. The number of aliphatic hydroxyl groups excluding tert-OH is 1. The number of aliphatic hydroxyl groups is 1. The van der Waals surface area contributed by atoms with Crippen molar-refractivity contribution in [1.82, 2.24) is 4.90 Å². The molecule has 2 bridgehead atoms. The molecule has 6 atom stereocenters. The maximum atomic E-state index is 13.6. The number of rotatable bonds is 9. The topological polar surface area (TPSA) is 114 Å². The summed E-state index contributed by atoms with van der Waals surface area (Å²) in [5.41, 5.74) is -0.559. The molecule has 9 nitrogen and oxygen atoms in total. The van der Waals surface area contributed by atoms with Crippen LogP contribution in [0.2, 0.25) is 0 Å². The van der Waals surface area contributed by atoms with Gasteiger partial charge in [-0.15, -0.1) is 0 Å². The summed E-state index contributed by atoms with van der Waals surface area (Å²) in [6.45, 7) is 2.20. The number of nitrogens with zero attached hydrogens (tertiary/aromatic N) is 1. The Morgan fingerprint density at radius 1 is 1.30 bits per heavy atom. The predicted molar refractivity (Wildman–Crippen MR) is 122 cm³/mol. The summed E-state index contributed by atoms with van der Waals surface area (Å²) < 4.78 is 16.8. The van der Waals surface area contributed by atoms with Gasteiger partial charge in [-0.3, -0.25) is 14.4 Å². The number of fused-ring (bicyclic) bond motifs is 1. The van der Waals surface area contributed by atoms with Gasteiger partial charge in [-0.1, -0.05) is 15.9 Å². The van der Waals surface area contributed by atoms with E-state index in [-0.39, 0.29) is 36.4 Å². The molecule has 0 aliphatic carbocycles. The van der Waals surface area contributed by atoms with Crippen LogP contribution in [0.25, 0.3) is 0 Å². The average Bonchev–Trinajstić information content (AvgIpc) is 3.38. The minimum absolute atomic E-state index is 0.00713. The predicted octanol–water partition coefficient (Wildman–Crippen LogP) is 1.72. The molecule has 1 spiro atoms. The number of methoxy groups -OCH3 is 1. The lowest BCUT2D eigenvalue weighted by atomic mass is 9.70. The number of ether oxygens (including phenoxy) is 3. The van der Waals surface area contributed by atoms with Crippen LogP contribution in [0.4, 0.5) is 5.69 Å². The highest BCUT2D eigenvalue weighted by Crippen LogP contribution is 2.60. The minimum Gasteiger partial charge on any atom is -0.497 e. The van der Waals surface area contributed by atoms with Crippen molar-refractivity contribution in [2.45, 2.75) is 48.8 Å². The molecule has 0 radical (unpaired) electrons. The standard InChI is InChI=1S/C23H29BrN2O7/c1-3-32-22(30)16-17-21(29)26(10-4-5-11-27)19(23(17)12-15(24)18(16)33-23)20(28)25-13-6-8-14(31-2)9-7-13/h6-9,15-19,27H,3-5,10-12H2,1-2H3,(H,25,28)/t15?,16-,17+,18-,19-,23+/m0/s1. The van der Waals surface area contributed by atoms with E-state index in [0.717, 1.165) is 0 Å². The van der Waals surface area contributed by atoms with E-state index in [9.17, 15) is 19.5 Å². The van der Waals surface area contributed by atoms with Crippen molar-refractivity contribution in [3.8, 4) is 5.75 Å². The maximum absolute atomic E-state index is 13.6. The number of esters is 1. The molecule has 0 aromatic heterocycles. The zero-order valence-electron chi connectivity index (χ0n) is 18.7. The Kier molecular flexibility index (Phi) is 6.97. The molecule has 180 valence electrons. The third kappa shape index (κ3) is 4.02. The number of unbranched alkanes of at least 4 members (excludes halogenated alkanes) is 1. The van der Waals surface area contributed by atoms with Crippen LogP contribution in [-0.2, 0) is 23.9 Å². The van der Waals surface area contributed by atoms with Crippen molar-refractivity contribution in [1.29, 1.82) is 0 Å². The Hall–Kier alpha value is -2.17. The SMILES string of the molecule is CCOC(=O)[C@@H]1[C@H]2O[C@@]3(CC2Br)[C@H](C(=O)Nc2ccc(OC)cc2)N(CCCCO)C(=O)[C@@H]13. The highest BCUT2D eigenvalue weighted by atomic mass is 79.9. The molecule has 0 saturated carbocycles. The highest BCUT2D eigenvalue weighted by molar-refractivity contribution is 9.09. The fraction of sp³-hybridized carbons (Fsp3) is 0.609. The van der Waals surface area contributed by atoms with E-state index >= 15 is 0 Å². The van der Waals surface area contributed by atoms with Gasteiger partial charge in [0, 0.05) is 23.7 Å². The molecule has 1 unspecified atom stereocenters. The summed E-state index contributed by atoms with van der Waals surface area (Å²) >= 11 is 3.61. The Balaban J connectivity index is 1.67. The van der Waals surface area contributed by atoms with Crippen molar-refractivity contribution in [3.05, 3.63) is 24.3 Å². The zero-order chi connectivity index (χ0) is 23.8. The maximum Gasteiger partial charge on any atom is 0.312 e. The van der Waals surface area contributed by atoms with Crippen molar-refractivity contribution in [2.24, 2.45) is 11.8 Å². The molecule has 3 aliphatic rings. The molecule has 1 aromatic carbocycles. The lowest BCUT2D eigenvalue weighted by molar-refractivity contribution is -0.154. The third-order valence-electron chi connectivity index (χ3n) is 6.76. The molecule has 33 heavy (non-hydrogen) atoms. The molecule has 3 aliphatic heterocycles. The first kappa shape index (κ1) is 24.0. The van der Waals surface area contributed by atoms with Gasteiger partial charge < -0.3 is 29.5 Å². The number of carbonyl (C=O) groups is 3. The molecule has 3 heterocycles. The van der Waals surface area contributed by atoms with Gasteiger partial charge in [0.15, 0.2) is 0 Å². The monoisotopic (exact) mass is 524 g/mol. The van der Waals surface area contributed by atoms with E-state index in [1.807, 2.05) is 0 Å². The molecule has 4 rings (SSSR count). The van der Waals surface area contributed by atoms with Gasteiger partial charge >= 0.3 is 5.97 Å². The van der Waals surface area contributed by atoms with Crippen molar-refractivity contribution in [2.75, 3.05) is 32.2 Å². The van der Waals surface area contributed by atoms with E-state index in [4.69, 9.17) is 14.2 Å². The number of nitrogens with one attached hydrogen (secondary N) is 1. The van der Waals surface area contributed by atoms with Gasteiger partial charge in [0.25, 0.3) is 0 Å². The Morgan fingerprint density at radius 3 is 2.67 bits per heavy atom. The number of amides is 2. The van der Waals surface area contributed by atoms with E-state index in [1.54, 1.807) is 38.3 Å². The average molecular weight is 525 g/mol. The largest absolute Gasteiger partial charge is 0.497 e. The van der Waals surface area contributed by atoms with Crippen LogP contribution in [0, 0.1) is 11.8 Å². The molecule has 1 aromatic rings. The number of likely N-dealkylation sites (tertiary alicyclic amines) is 1. The van der Waals surface area contributed by atoms with E-state index in [2.05, 4.69) is 21.2 Å². The zero-order valence-corrected chi connectivity index (χ0v) is 20.2. The smallest absolute Gasteiger partial charge is 0.312 e. The van der Waals surface area contributed by atoms with Crippen LogP contribution in [0.1, 0.15) is 26.2 Å². The molecule has 3 fully saturated rings. The molecule has 10 heteroatoms. The Bertz CT molecular complexity index is 911. The van der Waals surface area contributed by atoms with Crippen LogP contribution in [0.3, 0.4) is 0 Å². The van der Waals surface area contributed by atoms with Gasteiger partial charge in [0.1, 0.15) is 17.4 Å². The van der Waals surface area contributed by atoms with Crippen molar-refractivity contribution in [3.63, 3.8) is 0 Å². The second-order valence-electron chi connectivity index (χ2n) is 8.60. The summed E-state index contributed by atoms with van der Waals surface area (Å²) in [5, 5.41) is 12.1. The lowest BCUT2D eigenvalue weighted by Gasteiger charge is -2.34. The number of carbonyl (C=O) groups excluding carboxylic acids is 3. The molecule has 2 amide bonds. The molecule has 2 N–H and O–H groups in total. The Morgan fingerprint density at radius 2 is 2.03 bits per heavy atom. The number of alkyl halides is 1. The summed E-state index contributed by atoms with van der Waals surface area (Å²) in [6, 6.07) is 6.01. The molecular formula is C23H29BrN2O7. The first-order chi connectivity index (χ1) is 15.9. The second kappa shape index (κ2) is 9.60. The van der Waals surface area contributed by atoms with Crippen LogP contribution in [-0.4, -0.2) is 77.2 Å². The van der Waals surface area contributed by atoms with Crippen molar-refractivity contribution >= 4 is 39.4 Å². The first-order valence-corrected chi connectivity index (χ1v) is 12.1. The van der Waals surface area contributed by atoms with Crippen LogP contribution in [0.15, 0.2) is 24.3 Å². The number of halogens is 1. The lowest BCUT2D eigenvalue weighted by Crippen LogP contribution is -2.54. The Labute approximate surface area is 200 Å². The second-order valence-corrected chi connectivity index (χ2v) is 9.77. The first-order valence-electron chi connectivity index (χ1n) is 11.2. The number of benzene rings is 1. The van der Waals surface area contributed by atoms with Gasteiger partial charge in [-0.25, -0.2) is 0 Å². The summed E-state index contributed by atoms with van der Waals surface area (Å²) in [5.74, 6) is -2.01. The third-order valence-corrected chi connectivity index (χ3v) is 7.61. The fourth-order valence-electron chi connectivity index (χ4n) is 5.46. The number of hydrogen-bond donors (Lipinski definition) is 2. The molecule has 3 saturated heterocycles. The van der Waals surface area contributed by atoms with E-state index in [0.29, 0.717) is 30.7 Å². The normalized spacial score (nSPS) is 32.1. The quantitative estimate of drug-likeness (QED) is 0.287. The van der Waals surface area contributed by atoms with Crippen LogP contribution in [0.5, 0.6) is 5.75 Å². The van der Waals surface area contributed by atoms with Gasteiger partial charge in [-0.05, 0) is 50.5 Å². The summed E-state index contributed by atoms with van der Waals surface area (Å²) in [6.07, 6.45) is 0.929. The van der Waals surface area contributed by atoms with Gasteiger partial charge in [0.05, 0.1) is 31.7 Å². The minimum atomic E-state index is -1.12. The van der Waals surface area contributed by atoms with Crippen LogP contribution >= 0.6 is 15.9 Å². The van der Waals surface area contributed by atoms with Gasteiger partial charge in [-0.2, -0.15) is 0 Å². The number of anilines is 1. The van der Waals surface area contributed by atoms with Gasteiger partial charge in [0.2, 0.25) is 11.8 Å².